The van der Waals surface area contributed by atoms with E-state index < -0.39 is 36.4 Å². The van der Waals surface area contributed by atoms with Crippen molar-refractivity contribution in [2.24, 2.45) is 0 Å². The van der Waals surface area contributed by atoms with Gasteiger partial charge in [-0.3, -0.25) is 9.20 Å². The van der Waals surface area contributed by atoms with Gasteiger partial charge in [0.05, 0.1) is 5.69 Å². The SMILES string of the molecule is O=C(CC(F)(F)F)Nc1nc2ccc(F)cn2c1-c1cccc(OC(F)(F)F)c1. The van der Waals surface area contributed by atoms with Crippen LogP contribution >= 0.6 is 0 Å². The molecule has 0 saturated carbocycles. The van der Waals surface area contributed by atoms with Gasteiger partial charge in [-0.1, -0.05) is 12.1 Å². The number of carbonyl (C=O) groups excluding carboxylic acids is 1. The van der Waals surface area contributed by atoms with E-state index in [0.717, 1.165) is 28.8 Å². The molecule has 3 aromatic rings. The molecule has 12 heteroatoms. The summed E-state index contributed by atoms with van der Waals surface area (Å²) in [5.74, 6) is -3.18. The molecule has 0 atom stereocenters. The van der Waals surface area contributed by atoms with Crippen molar-refractivity contribution in [2.75, 3.05) is 5.32 Å². The van der Waals surface area contributed by atoms with Gasteiger partial charge >= 0.3 is 12.5 Å². The van der Waals surface area contributed by atoms with Gasteiger partial charge in [-0.15, -0.1) is 13.2 Å². The first-order valence-electron chi connectivity index (χ1n) is 7.82. The quantitative estimate of drug-likeness (QED) is 0.608. The number of nitrogens with zero attached hydrogens (tertiary/aromatic N) is 2. The number of carbonyl (C=O) groups is 1. The van der Waals surface area contributed by atoms with E-state index in [0.29, 0.717) is 0 Å². The maximum atomic E-state index is 13.7. The minimum Gasteiger partial charge on any atom is -0.406 e. The van der Waals surface area contributed by atoms with Crippen LogP contribution in [0.3, 0.4) is 0 Å². The Morgan fingerprint density at radius 3 is 2.48 bits per heavy atom. The van der Waals surface area contributed by atoms with E-state index in [1.165, 1.54) is 18.2 Å². The van der Waals surface area contributed by atoms with Gasteiger partial charge in [0, 0.05) is 11.8 Å². The van der Waals surface area contributed by atoms with E-state index in [-0.39, 0.29) is 22.7 Å². The van der Waals surface area contributed by atoms with Gasteiger partial charge in [-0.05, 0) is 24.3 Å². The Morgan fingerprint density at radius 1 is 1.10 bits per heavy atom. The van der Waals surface area contributed by atoms with Crippen LogP contribution in [0.25, 0.3) is 16.9 Å². The van der Waals surface area contributed by atoms with Gasteiger partial charge in [0.1, 0.15) is 23.6 Å². The minimum atomic E-state index is -4.98. The fourth-order valence-corrected chi connectivity index (χ4v) is 2.58. The molecular formula is C17H10F7N3O2. The molecule has 0 bridgehead atoms. The maximum Gasteiger partial charge on any atom is 0.573 e. The van der Waals surface area contributed by atoms with Crippen LogP contribution in [0.5, 0.6) is 5.75 Å². The Bertz CT molecular complexity index is 1060. The first-order valence-corrected chi connectivity index (χ1v) is 7.82. The van der Waals surface area contributed by atoms with Gasteiger partial charge < -0.3 is 10.1 Å². The van der Waals surface area contributed by atoms with Crippen LogP contribution in [0, 0.1) is 5.82 Å². The third-order valence-electron chi connectivity index (χ3n) is 3.54. The molecule has 0 unspecified atom stereocenters. The highest BCUT2D eigenvalue weighted by atomic mass is 19.4. The molecule has 154 valence electrons. The molecule has 1 aromatic carbocycles. The van der Waals surface area contributed by atoms with E-state index in [1.54, 1.807) is 0 Å². The number of rotatable bonds is 4. The molecule has 0 aliphatic carbocycles. The average molecular weight is 421 g/mol. The number of amides is 1. The molecule has 0 aliphatic heterocycles. The van der Waals surface area contributed by atoms with Crippen LogP contribution in [0.1, 0.15) is 6.42 Å². The number of fused-ring (bicyclic) bond motifs is 1. The predicted molar refractivity (Wildman–Crippen MR) is 86.6 cm³/mol. The zero-order valence-corrected chi connectivity index (χ0v) is 14.1. The first kappa shape index (κ1) is 20.4. The summed E-state index contributed by atoms with van der Waals surface area (Å²) in [5.41, 5.74) is -0.0827. The predicted octanol–water partition coefficient (Wildman–Crippen LogP) is 4.93. The summed E-state index contributed by atoms with van der Waals surface area (Å²) in [5, 5.41) is 1.97. The molecule has 0 saturated heterocycles. The second kappa shape index (κ2) is 7.26. The number of nitrogens with one attached hydrogen (secondary N) is 1. The first-order chi connectivity index (χ1) is 13.4. The van der Waals surface area contributed by atoms with Crippen molar-refractivity contribution in [2.45, 2.75) is 19.0 Å². The maximum absolute atomic E-state index is 13.7. The number of imidazole rings is 1. The molecule has 5 nitrogen and oxygen atoms in total. The van der Waals surface area contributed by atoms with Gasteiger partial charge in [-0.25, -0.2) is 9.37 Å². The molecule has 1 N–H and O–H groups in total. The van der Waals surface area contributed by atoms with E-state index in [2.05, 4.69) is 9.72 Å². The average Bonchev–Trinajstić information content (AvgIpc) is 2.88. The molecule has 0 aliphatic rings. The minimum absolute atomic E-state index is 0.00726. The Morgan fingerprint density at radius 2 is 1.83 bits per heavy atom. The number of alkyl halides is 6. The van der Waals surface area contributed by atoms with Gasteiger partial charge in [-0.2, -0.15) is 13.2 Å². The number of hydrogen-bond acceptors (Lipinski definition) is 3. The fraction of sp³-hybridized carbons (Fsp3) is 0.176. The number of hydrogen-bond donors (Lipinski definition) is 1. The van der Waals surface area contributed by atoms with E-state index in [4.69, 9.17) is 0 Å². The molecule has 2 aromatic heterocycles. The van der Waals surface area contributed by atoms with Gasteiger partial charge in [0.25, 0.3) is 0 Å². The van der Waals surface area contributed by atoms with Crippen LogP contribution < -0.4 is 10.1 Å². The van der Waals surface area contributed by atoms with Crippen LogP contribution in [0.2, 0.25) is 0 Å². The topological polar surface area (TPSA) is 55.6 Å². The van der Waals surface area contributed by atoms with E-state index in [1.807, 2.05) is 5.32 Å². The largest absolute Gasteiger partial charge is 0.573 e. The lowest BCUT2D eigenvalue weighted by Gasteiger charge is -2.11. The summed E-state index contributed by atoms with van der Waals surface area (Å²) in [6.45, 7) is 0. The Balaban J connectivity index is 2.09. The molecule has 0 radical (unpaired) electrons. The van der Waals surface area contributed by atoms with Crippen molar-refractivity contribution in [3.63, 3.8) is 0 Å². The number of halogens is 7. The molecule has 1 amide bonds. The highest BCUT2D eigenvalue weighted by Crippen LogP contribution is 2.33. The summed E-state index contributed by atoms with van der Waals surface area (Å²) in [6.07, 6.45) is -10.6. The Labute approximate surface area is 157 Å². The van der Waals surface area contributed by atoms with Crippen molar-refractivity contribution in [1.29, 1.82) is 0 Å². The third kappa shape index (κ3) is 5.15. The number of benzene rings is 1. The molecule has 29 heavy (non-hydrogen) atoms. The van der Waals surface area contributed by atoms with E-state index >= 15 is 0 Å². The Hall–Kier alpha value is -3.31. The normalized spacial score (nSPS) is 12.2. The molecular weight excluding hydrogens is 411 g/mol. The zero-order valence-electron chi connectivity index (χ0n) is 14.1. The van der Waals surface area contributed by atoms with Crippen molar-refractivity contribution in [3.8, 4) is 17.0 Å². The number of ether oxygens (including phenoxy) is 1. The van der Waals surface area contributed by atoms with Gasteiger partial charge in [0.15, 0.2) is 5.82 Å². The second-order valence-corrected chi connectivity index (χ2v) is 5.80. The summed E-state index contributed by atoms with van der Waals surface area (Å²) in [6, 6.07) is 6.64. The highest BCUT2D eigenvalue weighted by molar-refractivity contribution is 5.94. The standard InChI is InChI=1S/C17H10F7N3O2/c18-10-4-5-12-25-15(26-13(28)7-16(19,20)21)14(27(12)8-10)9-2-1-3-11(6-9)29-17(22,23)24/h1-6,8H,7H2,(H,26,28). The fourth-order valence-electron chi connectivity index (χ4n) is 2.58. The van der Waals surface area contributed by atoms with Crippen molar-refractivity contribution in [3.05, 3.63) is 48.4 Å². The lowest BCUT2D eigenvalue weighted by molar-refractivity contribution is -0.274. The summed E-state index contributed by atoms with van der Waals surface area (Å²) >= 11 is 0. The lowest BCUT2D eigenvalue weighted by atomic mass is 10.1. The summed E-state index contributed by atoms with van der Waals surface area (Å²) in [4.78, 5) is 15.6. The summed E-state index contributed by atoms with van der Waals surface area (Å²) < 4.78 is 93.3. The van der Waals surface area contributed by atoms with Crippen LogP contribution in [-0.2, 0) is 4.79 Å². The highest BCUT2D eigenvalue weighted by Gasteiger charge is 2.33. The number of anilines is 1. The summed E-state index contributed by atoms with van der Waals surface area (Å²) in [7, 11) is 0. The zero-order chi connectivity index (χ0) is 21.4. The van der Waals surface area contributed by atoms with E-state index in [9.17, 15) is 35.5 Å². The smallest absolute Gasteiger partial charge is 0.406 e. The van der Waals surface area contributed by atoms with Crippen LogP contribution in [-0.4, -0.2) is 27.8 Å². The third-order valence-corrected chi connectivity index (χ3v) is 3.54. The van der Waals surface area contributed by atoms with Crippen LogP contribution in [0.4, 0.5) is 36.6 Å². The molecule has 0 spiro atoms. The van der Waals surface area contributed by atoms with Crippen molar-refractivity contribution >= 4 is 17.4 Å². The Kier molecular flexibility index (Phi) is 5.11. The molecule has 3 rings (SSSR count). The monoisotopic (exact) mass is 421 g/mol. The van der Waals surface area contributed by atoms with Crippen molar-refractivity contribution in [1.82, 2.24) is 9.38 Å². The second-order valence-electron chi connectivity index (χ2n) is 5.80. The van der Waals surface area contributed by atoms with Crippen molar-refractivity contribution < 1.29 is 40.3 Å². The molecule has 0 fully saturated rings. The number of aromatic nitrogens is 2. The molecule has 2 heterocycles. The van der Waals surface area contributed by atoms with Gasteiger partial charge in [0.2, 0.25) is 5.91 Å². The van der Waals surface area contributed by atoms with Crippen LogP contribution in [0.15, 0.2) is 42.6 Å². The number of pyridine rings is 1. The lowest BCUT2D eigenvalue weighted by Crippen LogP contribution is -2.21.